The van der Waals surface area contributed by atoms with E-state index in [1.807, 2.05) is 0 Å². The Morgan fingerprint density at radius 2 is 1.61 bits per heavy atom. The predicted octanol–water partition coefficient (Wildman–Crippen LogP) is 3.40. The Bertz CT molecular complexity index is 1060. The first-order valence-electron chi connectivity index (χ1n) is 9.86. The summed E-state index contributed by atoms with van der Waals surface area (Å²) in [7, 11) is 1.45. The first-order valence-corrected chi connectivity index (χ1v) is 9.86. The zero-order valence-corrected chi connectivity index (χ0v) is 16.8. The highest BCUT2D eigenvalue weighted by Gasteiger charge is 2.44. The summed E-state index contributed by atoms with van der Waals surface area (Å²) in [6.07, 6.45) is -1.17. The van der Waals surface area contributed by atoms with Crippen LogP contribution in [0.25, 0.3) is 0 Å². The van der Waals surface area contributed by atoms with Crippen molar-refractivity contribution >= 4 is 0 Å². The first kappa shape index (κ1) is 20.8. The summed E-state index contributed by atoms with van der Waals surface area (Å²) in [5, 5.41) is 51.3. The molecule has 4 rings (SSSR count). The van der Waals surface area contributed by atoms with Gasteiger partial charge in [0.1, 0.15) is 17.2 Å². The van der Waals surface area contributed by atoms with Crippen LogP contribution in [0.15, 0.2) is 60.7 Å². The number of rotatable bonds is 5. The Morgan fingerprint density at radius 3 is 2.29 bits per heavy atom. The van der Waals surface area contributed by atoms with Gasteiger partial charge < -0.3 is 35.0 Å². The van der Waals surface area contributed by atoms with Gasteiger partial charge in [0.05, 0.1) is 13.7 Å². The van der Waals surface area contributed by atoms with Gasteiger partial charge in [0.2, 0.25) is 0 Å². The topological polar surface area (TPSA) is 120 Å². The number of hydrogen-bond donors (Lipinski definition) is 5. The van der Waals surface area contributed by atoms with Crippen molar-refractivity contribution in [1.29, 1.82) is 0 Å². The summed E-state index contributed by atoms with van der Waals surface area (Å²) >= 11 is 0. The van der Waals surface area contributed by atoms with E-state index in [-0.39, 0.29) is 41.3 Å². The highest BCUT2D eigenvalue weighted by molar-refractivity contribution is 5.49. The summed E-state index contributed by atoms with van der Waals surface area (Å²) in [6.45, 7) is 0.171. The normalized spacial score (nSPS) is 21.7. The number of benzene rings is 3. The quantitative estimate of drug-likeness (QED) is 0.426. The smallest absolute Gasteiger partial charge is 0.161 e. The van der Waals surface area contributed by atoms with Gasteiger partial charge in [-0.05, 0) is 41.5 Å². The molecule has 1 saturated heterocycles. The summed E-state index contributed by atoms with van der Waals surface area (Å²) in [6, 6.07) is 16.0. The molecule has 7 heteroatoms. The Balaban J connectivity index is 1.87. The first-order chi connectivity index (χ1) is 14.9. The molecule has 1 fully saturated rings. The molecule has 3 aromatic carbocycles. The Morgan fingerprint density at radius 1 is 0.903 bits per heavy atom. The van der Waals surface area contributed by atoms with Crippen LogP contribution in [0.4, 0.5) is 0 Å². The Kier molecular flexibility index (Phi) is 5.63. The molecule has 0 saturated carbocycles. The lowest BCUT2D eigenvalue weighted by atomic mass is 9.73. The minimum atomic E-state index is -1.17. The number of methoxy groups -OCH3 is 1. The van der Waals surface area contributed by atoms with E-state index in [1.165, 1.54) is 31.4 Å². The molecule has 0 amide bonds. The number of aliphatic hydroxyl groups excluding tert-OH is 1. The number of phenolic OH excluding ortho intramolecular Hbond substituents is 4. The maximum atomic E-state index is 10.6. The van der Waals surface area contributed by atoms with Crippen molar-refractivity contribution in [1.82, 2.24) is 0 Å². The van der Waals surface area contributed by atoms with E-state index in [9.17, 15) is 25.5 Å². The number of hydrogen-bond acceptors (Lipinski definition) is 7. The summed E-state index contributed by atoms with van der Waals surface area (Å²) in [5.74, 6) is -1.30. The highest BCUT2D eigenvalue weighted by atomic mass is 16.6. The molecule has 162 valence electrons. The number of aromatic hydroxyl groups is 4. The largest absolute Gasteiger partial charge is 0.508 e. The molecule has 0 radical (unpaired) electrons. The van der Waals surface area contributed by atoms with Gasteiger partial charge in [0, 0.05) is 29.4 Å². The minimum Gasteiger partial charge on any atom is -0.508 e. The summed E-state index contributed by atoms with van der Waals surface area (Å²) < 4.78 is 10.9. The lowest BCUT2D eigenvalue weighted by Crippen LogP contribution is -2.24. The fourth-order valence-corrected chi connectivity index (χ4v) is 4.45. The molecule has 1 aliphatic heterocycles. The van der Waals surface area contributed by atoms with E-state index in [4.69, 9.17) is 9.47 Å². The third-order valence-corrected chi connectivity index (χ3v) is 5.80. The number of para-hydroxylation sites is 1. The second-order valence-electron chi connectivity index (χ2n) is 7.66. The van der Waals surface area contributed by atoms with E-state index in [0.717, 1.165) is 5.56 Å². The lowest BCUT2D eigenvalue weighted by molar-refractivity contribution is -0.0678. The van der Waals surface area contributed by atoms with Gasteiger partial charge in [-0.1, -0.05) is 24.3 Å². The Hall–Kier alpha value is -3.42. The van der Waals surface area contributed by atoms with Gasteiger partial charge in [-0.2, -0.15) is 0 Å². The van der Waals surface area contributed by atoms with Crippen molar-refractivity contribution in [2.24, 2.45) is 5.92 Å². The van der Waals surface area contributed by atoms with Gasteiger partial charge in [-0.15, -0.1) is 0 Å². The van der Waals surface area contributed by atoms with Crippen molar-refractivity contribution in [3.8, 4) is 28.7 Å². The number of aliphatic hydroxyl groups is 1. The van der Waals surface area contributed by atoms with Crippen molar-refractivity contribution in [2.45, 2.75) is 18.1 Å². The van der Waals surface area contributed by atoms with E-state index in [1.54, 1.807) is 36.4 Å². The standard InChI is InChI=1S/C24H24O7/c1-30-21-10-13(6-7-20(21)28)22(17-4-2-3-5-19(17)27)18-12-31-24(29)23(18)14-8-15(25)11-16(26)9-14/h2-11,18,22-29H,12H2,1H3. The maximum Gasteiger partial charge on any atom is 0.161 e. The third kappa shape index (κ3) is 3.97. The number of ether oxygens (including phenoxy) is 2. The molecule has 31 heavy (non-hydrogen) atoms. The van der Waals surface area contributed by atoms with E-state index in [2.05, 4.69) is 0 Å². The fourth-order valence-electron chi connectivity index (χ4n) is 4.45. The second kappa shape index (κ2) is 8.37. The average molecular weight is 424 g/mol. The van der Waals surface area contributed by atoms with Crippen LogP contribution in [0.5, 0.6) is 28.7 Å². The van der Waals surface area contributed by atoms with E-state index in [0.29, 0.717) is 11.1 Å². The van der Waals surface area contributed by atoms with Crippen LogP contribution in [0.2, 0.25) is 0 Å². The molecular weight excluding hydrogens is 400 g/mol. The van der Waals surface area contributed by atoms with Crippen LogP contribution in [0.1, 0.15) is 28.5 Å². The van der Waals surface area contributed by atoms with Gasteiger partial charge in [0.25, 0.3) is 0 Å². The highest BCUT2D eigenvalue weighted by Crippen LogP contribution is 2.49. The van der Waals surface area contributed by atoms with E-state index < -0.39 is 18.1 Å². The fraction of sp³-hybridized carbons (Fsp3) is 0.250. The van der Waals surface area contributed by atoms with Crippen LogP contribution in [0.3, 0.4) is 0 Å². The third-order valence-electron chi connectivity index (χ3n) is 5.80. The zero-order valence-electron chi connectivity index (χ0n) is 16.8. The van der Waals surface area contributed by atoms with Gasteiger partial charge >= 0.3 is 0 Å². The molecule has 3 aromatic rings. The van der Waals surface area contributed by atoms with Crippen LogP contribution in [0, 0.1) is 5.92 Å². The second-order valence-corrected chi connectivity index (χ2v) is 7.66. The Labute approximate surface area is 179 Å². The van der Waals surface area contributed by atoms with Crippen molar-refractivity contribution in [3.63, 3.8) is 0 Å². The molecular formula is C24H24O7. The maximum absolute atomic E-state index is 10.6. The summed E-state index contributed by atoms with van der Waals surface area (Å²) in [4.78, 5) is 0. The molecule has 0 aliphatic carbocycles. The minimum absolute atomic E-state index is 0.0144. The van der Waals surface area contributed by atoms with Crippen LogP contribution in [-0.4, -0.2) is 45.5 Å². The van der Waals surface area contributed by atoms with Gasteiger partial charge in [-0.25, -0.2) is 0 Å². The number of phenols is 4. The van der Waals surface area contributed by atoms with Gasteiger partial charge in [0.15, 0.2) is 17.8 Å². The molecule has 5 N–H and O–H groups in total. The monoisotopic (exact) mass is 424 g/mol. The molecule has 0 aromatic heterocycles. The average Bonchev–Trinajstić information content (AvgIpc) is 3.11. The van der Waals surface area contributed by atoms with Crippen molar-refractivity contribution in [3.05, 3.63) is 77.4 Å². The molecule has 7 nitrogen and oxygen atoms in total. The lowest BCUT2D eigenvalue weighted by Gasteiger charge is -2.30. The molecule has 0 bridgehead atoms. The van der Waals surface area contributed by atoms with Crippen LogP contribution < -0.4 is 4.74 Å². The molecule has 4 unspecified atom stereocenters. The molecule has 1 aliphatic rings. The zero-order chi connectivity index (χ0) is 22.1. The van der Waals surface area contributed by atoms with E-state index >= 15 is 0 Å². The van der Waals surface area contributed by atoms with Crippen molar-refractivity contribution in [2.75, 3.05) is 13.7 Å². The SMILES string of the molecule is COc1cc(C(c2ccccc2O)C2COC(O)C2c2cc(O)cc(O)c2)ccc1O. The summed E-state index contributed by atoms with van der Waals surface area (Å²) in [5.41, 5.74) is 1.87. The van der Waals surface area contributed by atoms with Gasteiger partial charge in [-0.3, -0.25) is 0 Å². The van der Waals surface area contributed by atoms with Crippen LogP contribution >= 0.6 is 0 Å². The van der Waals surface area contributed by atoms with Crippen molar-refractivity contribution < 1.29 is 35.0 Å². The molecule has 4 atom stereocenters. The van der Waals surface area contributed by atoms with Crippen LogP contribution in [-0.2, 0) is 4.74 Å². The molecule has 1 heterocycles. The molecule has 0 spiro atoms. The predicted molar refractivity (Wildman–Crippen MR) is 113 cm³/mol.